The SMILES string of the molecule is C[C@@H]1CN(C(C)(C)CNC(=O)NCc2ccccc2)C[C@@H](C)O1. The van der Waals surface area contributed by atoms with Gasteiger partial charge in [0.05, 0.1) is 12.2 Å². The van der Waals surface area contributed by atoms with Crippen molar-refractivity contribution in [1.29, 1.82) is 0 Å². The van der Waals surface area contributed by atoms with E-state index >= 15 is 0 Å². The number of hydrogen-bond acceptors (Lipinski definition) is 3. The third kappa shape index (κ3) is 5.52. The van der Waals surface area contributed by atoms with Gasteiger partial charge in [-0.1, -0.05) is 30.3 Å². The zero-order chi connectivity index (χ0) is 16.9. The molecule has 23 heavy (non-hydrogen) atoms. The van der Waals surface area contributed by atoms with Crippen molar-refractivity contribution >= 4 is 6.03 Å². The van der Waals surface area contributed by atoms with Gasteiger partial charge in [-0.25, -0.2) is 4.79 Å². The molecule has 0 spiro atoms. The molecular weight excluding hydrogens is 290 g/mol. The number of hydrogen-bond donors (Lipinski definition) is 2. The first-order chi connectivity index (χ1) is 10.9. The van der Waals surface area contributed by atoms with Gasteiger partial charge in [0.15, 0.2) is 0 Å². The fraction of sp³-hybridized carbons (Fsp3) is 0.611. The second-order valence-corrected chi connectivity index (χ2v) is 7.00. The lowest BCUT2D eigenvalue weighted by molar-refractivity contribution is -0.0947. The van der Waals surface area contributed by atoms with Crippen molar-refractivity contribution in [2.75, 3.05) is 19.6 Å². The van der Waals surface area contributed by atoms with E-state index in [9.17, 15) is 4.79 Å². The minimum atomic E-state index is -0.128. The molecule has 0 unspecified atom stereocenters. The molecule has 1 aromatic rings. The Labute approximate surface area is 139 Å². The minimum Gasteiger partial charge on any atom is -0.373 e. The van der Waals surface area contributed by atoms with Gasteiger partial charge in [-0.3, -0.25) is 4.90 Å². The van der Waals surface area contributed by atoms with Gasteiger partial charge in [-0.15, -0.1) is 0 Å². The highest BCUT2D eigenvalue weighted by atomic mass is 16.5. The lowest BCUT2D eigenvalue weighted by Gasteiger charge is -2.45. The molecule has 5 nitrogen and oxygen atoms in total. The quantitative estimate of drug-likeness (QED) is 0.876. The molecule has 5 heteroatoms. The largest absolute Gasteiger partial charge is 0.373 e. The van der Waals surface area contributed by atoms with Gasteiger partial charge in [0.1, 0.15) is 0 Å². The monoisotopic (exact) mass is 319 g/mol. The van der Waals surface area contributed by atoms with Crippen LogP contribution < -0.4 is 10.6 Å². The van der Waals surface area contributed by atoms with Crippen molar-refractivity contribution in [2.24, 2.45) is 0 Å². The van der Waals surface area contributed by atoms with Crippen molar-refractivity contribution in [3.8, 4) is 0 Å². The molecule has 2 rings (SSSR count). The highest BCUT2D eigenvalue weighted by molar-refractivity contribution is 5.73. The number of benzene rings is 1. The van der Waals surface area contributed by atoms with Crippen molar-refractivity contribution in [3.63, 3.8) is 0 Å². The minimum absolute atomic E-state index is 0.101. The maximum absolute atomic E-state index is 12.0. The maximum Gasteiger partial charge on any atom is 0.315 e. The van der Waals surface area contributed by atoms with Crippen LogP contribution in [0.15, 0.2) is 30.3 Å². The number of carbonyl (C=O) groups is 1. The van der Waals surface area contributed by atoms with Crippen LogP contribution >= 0.6 is 0 Å². The van der Waals surface area contributed by atoms with Crippen molar-refractivity contribution in [1.82, 2.24) is 15.5 Å². The number of carbonyl (C=O) groups excluding carboxylic acids is 1. The van der Waals surface area contributed by atoms with Crippen LogP contribution in [0.2, 0.25) is 0 Å². The van der Waals surface area contributed by atoms with E-state index in [0.29, 0.717) is 13.1 Å². The van der Waals surface area contributed by atoms with E-state index in [1.54, 1.807) is 0 Å². The van der Waals surface area contributed by atoms with E-state index < -0.39 is 0 Å². The molecule has 0 radical (unpaired) electrons. The van der Waals surface area contributed by atoms with E-state index in [4.69, 9.17) is 4.74 Å². The standard InChI is InChI=1S/C18H29N3O2/c1-14-11-21(12-15(2)23-14)18(3,4)13-20-17(22)19-10-16-8-6-5-7-9-16/h5-9,14-15H,10-13H2,1-4H3,(H2,19,20,22)/t14-,15-/m1/s1. The zero-order valence-corrected chi connectivity index (χ0v) is 14.6. The number of rotatable bonds is 5. The first-order valence-corrected chi connectivity index (χ1v) is 8.33. The molecule has 1 fully saturated rings. The molecule has 0 aliphatic carbocycles. The van der Waals surface area contributed by atoms with E-state index in [0.717, 1.165) is 18.7 Å². The average Bonchev–Trinajstić information content (AvgIpc) is 2.51. The highest BCUT2D eigenvalue weighted by Crippen LogP contribution is 2.20. The summed E-state index contributed by atoms with van der Waals surface area (Å²) in [6.45, 7) is 11.4. The number of ether oxygens (including phenoxy) is 1. The molecule has 2 amide bonds. The van der Waals surface area contributed by atoms with Crippen LogP contribution in [0, 0.1) is 0 Å². The molecule has 128 valence electrons. The molecule has 1 saturated heterocycles. The van der Waals surface area contributed by atoms with Crippen molar-refractivity contribution in [3.05, 3.63) is 35.9 Å². The summed E-state index contributed by atoms with van der Waals surface area (Å²) in [5.74, 6) is 0. The first kappa shape index (κ1) is 17.8. The Morgan fingerprint density at radius 2 is 1.78 bits per heavy atom. The van der Waals surface area contributed by atoms with Gasteiger partial charge in [0.2, 0.25) is 0 Å². The second-order valence-electron chi connectivity index (χ2n) is 7.00. The Balaban J connectivity index is 1.78. The summed E-state index contributed by atoms with van der Waals surface area (Å²) in [4.78, 5) is 14.4. The summed E-state index contributed by atoms with van der Waals surface area (Å²) < 4.78 is 5.78. The Hall–Kier alpha value is -1.59. The Bertz CT molecular complexity index is 494. The summed E-state index contributed by atoms with van der Waals surface area (Å²) in [5.41, 5.74) is 0.994. The number of amides is 2. The summed E-state index contributed by atoms with van der Waals surface area (Å²) in [6.07, 6.45) is 0.454. The molecule has 1 aliphatic rings. The van der Waals surface area contributed by atoms with Crippen molar-refractivity contribution < 1.29 is 9.53 Å². The van der Waals surface area contributed by atoms with Gasteiger partial charge in [0, 0.05) is 31.7 Å². The van der Waals surface area contributed by atoms with Crippen LogP contribution in [0.25, 0.3) is 0 Å². The van der Waals surface area contributed by atoms with E-state index in [2.05, 4.69) is 43.2 Å². The normalized spacial score (nSPS) is 22.6. The molecule has 1 heterocycles. The van der Waals surface area contributed by atoms with Gasteiger partial charge < -0.3 is 15.4 Å². The van der Waals surface area contributed by atoms with Crippen LogP contribution in [0.3, 0.4) is 0 Å². The van der Waals surface area contributed by atoms with Gasteiger partial charge in [0.25, 0.3) is 0 Å². The fourth-order valence-electron chi connectivity index (χ4n) is 2.92. The van der Waals surface area contributed by atoms with Crippen LogP contribution in [0.4, 0.5) is 4.79 Å². The molecule has 0 bridgehead atoms. The van der Waals surface area contributed by atoms with E-state index in [1.165, 1.54) is 0 Å². The third-order valence-electron chi connectivity index (χ3n) is 4.25. The average molecular weight is 319 g/mol. The molecule has 0 saturated carbocycles. The number of nitrogens with zero attached hydrogens (tertiary/aromatic N) is 1. The maximum atomic E-state index is 12.0. The number of urea groups is 1. The summed E-state index contributed by atoms with van der Waals surface area (Å²) in [6, 6.07) is 9.78. The lowest BCUT2D eigenvalue weighted by atomic mass is 10.00. The van der Waals surface area contributed by atoms with Crippen LogP contribution in [0.1, 0.15) is 33.3 Å². The fourth-order valence-corrected chi connectivity index (χ4v) is 2.92. The highest BCUT2D eigenvalue weighted by Gasteiger charge is 2.33. The number of morpholine rings is 1. The molecule has 0 aromatic heterocycles. The number of nitrogens with one attached hydrogen (secondary N) is 2. The molecular formula is C18H29N3O2. The predicted octanol–water partition coefficient (Wildman–Crippen LogP) is 2.37. The second kappa shape index (κ2) is 7.79. The predicted molar refractivity (Wildman–Crippen MR) is 92.3 cm³/mol. The lowest BCUT2D eigenvalue weighted by Crippen LogP contribution is -2.59. The van der Waals surface area contributed by atoms with Crippen molar-refractivity contribution in [2.45, 2.75) is 52.0 Å². The van der Waals surface area contributed by atoms with Crippen LogP contribution in [-0.4, -0.2) is 48.3 Å². The molecule has 2 N–H and O–H groups in total. The Morgan fingerprint density at radius 1 is 1.17 bits per heavy atom. The molecule has 1 aliphatic heterocycles. The Morgan fingerprint density at radius 3 is 2.39 bits per heavy atom. The Kier molecular flexibility index (Phi) is 6.02. The topological polar surface area (TPSA) is 53.6 Å². The molecule has 1 aromatic carbocycles. The van der Waals surface area contributed by atoms with E-state index in [1.807, 2.05) is 30.3 Å². The third-order valence-corrected chi connectivity index (χ3v) is 4.25. The molecule has 2 atom stereocenters. The first-order valence-electron chi connectivity index (χ1n) is 8.33. The van der Waals surface area contributed by atoms with Crippen LogP contribution in [0.5, 0.6) is 0 Å². The van der Waals surface area contributed by atoms with Gasteiger partial charge >= 0.3 is 6.03 Å². The summed E-state index contributed by atoms with van der Waals surface area (Å²) in [7, 11) is 0. The zero-order valence-electron chi connectivity index (χ0n) is 14.6. The smallest absolute Gasteiger partial charge is 0.315 e. The van der Waals surface area contributed by atoms with Gasteiger partial charge in [-0.05, 0) is 33.3 Å². The summed E-state index contributed by atoms with van der Waals surface area (Å²) in [5, 5.41) is 5.89. The summed E-state index contributed by atoms with van der Waals surface area (Å²) >= 11 is 0. The van der Waals surface area contributed by atoms with Crippen LogP contribution in [-0.2, 0) is 11.3 Å². The van der Waals surface area contributed by atoms with Gasteiger partial charge in [-0.2, -0.15) is 0 Å². The van der Waals surface area contributed by atoms with E-state index in [-0.39, 0.29) is 23.8 Å².